The van der Waals surface area contributed by atoms with E-state index in [1.165, 1.54) is 22.4 Å². The molecule has 2 rings (SSSR count). The highest BCUT2D eigenvalue weighted by Crippen LogP contribution is 2.25. The Morgan fingerprint density at radius 3 is 2.47 bits per heavy atom. The van der Waals surface area contributed by atoms with Crippen molar-refractivity contribution >= 4 is 0 Å². The first-order valence-electron chi connectivity index (χ1n) is 5.61. The fourth-order valence-corrected chi connectivity index (χ4v) is 2.13. The van der Waals surface area contributed by atoms with E-state index >= 15 is 0 Å². The summed E-state index contributed by atoms with van der Waals surface area (Å²) in [5, 5.41) is 0. The minimum absolute atomic E-state index is 1.10. The number of aryl methyl sites for hydroxylation is 1. The molecular weight excluding hydrogens is 182 g/mol. The Balaban J connectivity index is 2.56. The summed E-state index contributed by atoms with van der Waals surface area (Å²) >= 11 is 0. The number of H-pyrrole nitrogens is 1. The second-order valence-electron chi connectivity index (χ2n) is 3.73. The predicted molar refractivity (Wildman–Crippen MR) is 65.0 cm³/mol. The summed E-state index contributed by atoms with van der Waals surface area (Å²) in [7, 11) is 0. The first-order chi connectivity index (χ1) is 7.36. The van der Waals surface area contributed by atoms with Crippen molar-refractivity contribution < 1.29 is 0 Å². The molecule has 0 amide bonds. The summed E-state index contributed by atoms with van der Waals surface area (Å²) in [6.45, 7) is 4.44. The van der Waals surface area contributed by atoms with Crippen LogP contribution in [0.3, 0.4) is 0 Å². The molecule has 0 radical (unpaired) electrons. The van der Waals surface area contributed by atoms with Gasteiger partial charge in [0.05, 0.1) is 0 Å². The zero-order valence-electron chi connectivity index (χ0n) is 9.38. The van der Waals surface area contributed by atoms with Crippen LogP contribution in [0.4, 0.5) is 0 Å². The molecule has 0 aliphatic carbocycles. The molecule has 1 aromatic carbocycles. The molecule has 1 N–H and O–H groups in total. The Morgan fingerprint density at radius 1 is 1.00 bits per heavy atom. The van der Waals surface area contributed by atoms with E-state index in [9.17, 15) is 0 Å². The molecule has 0 bridgehead atoms. The standard InChI is InChI=1S/C14H17N/c1-3-11-7-5-8-13(12(11)4-2)14-9-6-10-15-14/h5-10,15H,3-4H2,1-2H3. The van der Waals surface area contributed by atoms with Crippen LogP contribution in [0.25, 0.3) is 11.3 Å². The number of aromatic amines is 1. The van der Waals surface area contributed by atoms with Gasteiger partial charge in [-0.3, -0.25) is 0 Å². The van der Waals surface area contributed by atoms with Crippen LogP contribution in [0, 0.1) is 0 Å². The SMILES string of the molecule is CCc1cccc(-c2ccc[nH]2)c1CC. The minimum atomic E-state index is 1.10. The molecule has 0 atom stereocenters. The maximum atomic E-state index is 3.28. The molecule has 0 fully saturated rings. The average molecular weight is 199 g/mol. The molecule has 78 valence electrons. The normalized spacial score (nSPS) is 10.5. The predicted octanol–water partition coefficient (Wildman–Crippen LogP) is 3.81. The zero-order valence-corrected chi connectivity index (χ0v) is 9.38. The van der Waals surface area contributed by atoms with Gasteiger partial charge in [-0.2, -0.15) is 0 Å². The van der Waals surface area contributed by atoms with Crippen LogP contribution in [0.5, 0.6) is 0 Å². The van der Waals surface area contributed by atoms with Crippen LogP contribution < -0.4 is 0 Å². The Kier molecular flexibility index (Phi) is 2.91. The lowest BCUT2D eigenvalue weighted by molar-refractivity contribution is 1.04. The van der Waals surface area contributed by atoms with Crippen molar-refractivity contribution in [3.8, 4) is 11.3 Å². The van der Waals surface area contributed by atoms with Gasteiger partial charge in [-0.25, -0.2) is 0 Å². The summed E-state index contributed by atoms with van der Waals surface area (Å²) in [6.07, 6.45) is 4.18. The molecule has 0 saturated carbocycles. The van der Waals surface area contributed by atoms with Crippen LogP contribution >= 0.6 is 0 Å². The smallest absolute Gasteiger partial charge is 0.0456 e. The molecular formula is C14H17N. The van der Waals surface area contributed by atoms with Crippen molar-refractivity contribution in [2.75, 3.05) is 0 Å². The highest BCUT2D eigenvalue weighted by Gasteiger charge is 2.07. The number of hydrogen-bond donors (Lipinski definition) is 1. The van der Waals surface area contributed by atoms with Gasteiger partial charge in [0.1, 0.15) is 0 Å². The van der Waals surface area contributed by atoms with Crippen LogP contribution in [0.15, 0.2) is 36.5 Å². The summed E-state index contributed by atoms with van der Waals surface area (Å²) < 4.78 is 0. The topological polar surface area (TPSA) is 15.8 Å². The summed E-state index contributed by atoms with van der Waals surface area (Å²) in [6, 6.07) is 10.8. The fraction of sp³-hybridized carbons (Fsp3) is 0.286. The van der Waals surface area contributed by atoms with Gasteiger partial charge >= 0.3 is 0 Å². The van der Waals surface area contributed by atoms with Gasteiger partial charge in [0.15, 0.2) is 0 Å². The molecule has 0 unspecified atom stereocenters. The lowest BCUT2D eigenvalue weighted by Gasteiger charge is -2.11. The number of benzene rings is 1. The first kappa shape index (κ1) is 10.0. The minimum Gasteiger partial charge on any atom is -0.361 e. The third-order valence-corrected chi connectivity index (χ3v) is 2.90. The van der Waals surface area contributed by atoms with Gasteiger partial charge in [0.25, 0.3) is 0 Å². The van der Waals surface area contributed by atoms with Crippen molar-refractivity contribution in [3.05, 3.63) is 47.7 Å². The highest BCUT2D eigenvalue weighted by molar-refractivity contribution is 5.65. The number of nitrogens with one attached hydrogen (secondary N) is 1. The summed E-state index contributed by atoms with van der Waals surface area (Å²) in [5.41, 5.74) is 5.51. The Bertz CT molecular complexity index is 427. The second-order valence-corrected chi connectivity index (χ2v) is 3.73. The van der Waals surface area contributed by atoms with Gasteiger partial charge in [-0.05, 0) is 36.1 Å². The molecule has 1 nitrogen and oxygen atoms in total. The largest absolute Gasteiger partial charge is 0.361 e. The molecule has 0 saturated heterocycles. The van der Waals surface area contributed by atoms with E-state index in [0.29, 0.717) is 0 Å². The lowest BCUT2D eigenvalue weighted by atomic mass is 9.95. The quantitative estimate of drug-likeness (QED) is 0.773. The third-order valence-electron chi connectivity index (χ3n) is 2.90. The van der Waals surface area contributed by atoms with Gasteiger partial charge in [-0.1, -0.05) is 32.0 Å². The van der Waals surface area contributed by atoms with Crippen LogP contribution in [-0.2, 0) is 12.8 Å². The van der Waals surface area contributed by atoms with Crippen molar-refractivity contribution in [1.82, 2.24) is 4.98 Å². The van der Waals surface area contributed by atoms with E-state index in [0.717, 1.165) is 12.8 Å². The van der Waals surface area contributed by atoms with E-state index in [2.05, 4.69) is 43.1 Å². The van der Waals surface area contributed by atoms with E-state index in [4.69, 9.17) is 0 Å². The Labute approximate surface area is 91.2 Å². The molecule has 1 heteroatoms. The molecule has 1 aromatic heterocycles. The molecule has 0 aliphatic rings. The fourth-order valence-electron chi connectivity index (χ4n) is 2.13. The monoisotopic (exact) mass is 199 g/mol. The number of rotatable bonds is 3. The molecule has 1 heterocycles. The zero-order chi connectivity index (χ0) is 10.7. The van der Waals surface area contributed by atoms with Crippen LogP contribution in [0.2, 0.25) is 0 Å². The molecule has 15 heavy (non-hydrogen) atoms. The van der Waals surface area contributed by atoms with E-state index < -0.39 is 0 Å². The van der Waals surface area contributed by atoms with E-state index in [1.807, 2.05) is 12.3 Å². The van der Waals surface area contributed by atoms with Crippen LogP contribution in [-0.4, -0.2) is 4.98 Å². The van der Waals surface area contributed by atoms with Crippen molar-refractivity contribution in [3.63, 3.8) is 0 Å². The highest BCUT2D eigenvalue weighted by atomic mass is 14.7. The van der Waals surface area contributed by atoms with Crippen molar-refractivity contribution in [2.45, 2.75) is 26.7 Å². The second kappa shape index (κ2) is 4.35. The number of hydrogen-bond acceptors (Lipinski definition) is 0. The van der Waals surface area contributed by atoms with Gasteiger partial charge in [0.2, 0.25) is 0 Å². The summed E-state index contributed by atoms with van der Waals surface area (Å²) in [4.78, 5) is 3.28. The van der Waals surface area contributed by atoms with Crippen molar-refractivity contribution in [1.29, 1.82) is 0 Å². The first-order valence-corrected chi connectivity index (χ1v) is 5.61. The maximum absolute atomic E-state index is 3.28. The molecule has 2 aromatic rings. The maximum Gasteiger partial charge on any atom is 0.0456 e. The Morgan fingerprint density at radius 2 is 1.87 bits per heavy atom. The number of aromatic nitrogens is 1. The average Bonchev–Trinajstić information content (AvgIpc) is 2.81. The van der Waals surface area contributed by atoms with Crippen LogP contribution in [0.1, 0.15) is 25.0 Å². The summed E-state index contributed by atoms with van der Waals surface area (Å²) in [5.74, 6) is 0. The van der Waals surface area contributed by atoms with Gasteiger partial charge in [0, 0.05) is 17.5 Å². The van der Waals surface area contributed by atoms with E-state index in [1.54, 1.807) is 0 Å². The molecule has 0 aliphatic heterocycles. The lowest BCUT2D eigenvalue weighted by Crippen LogP contribution is -1.94. The van der Waals surface area contributed by atoms with Gasteiger partial charge in [-0.15, -0.1) is 0 Å². The Hall–Kier alpha value is -1.50. The third kappa shape index (κ3) is 1.82. The van der Waals surface area contributed by atoms with Gasteiger partial charge < -0.3 is 4.98 Å². The van der Waals surface area contributed by atoms with E-state index in [-0.39, 0.29) is 0 Å². The molecule has 0 spiro atoms. The van der Waals surface area contributed by atoms with Crippen molar-refractivity contribution in [2.24, 2.45) is 0 Å².